The summed E-state index contributed by atoms with van der Waals surface area (Å²) in [6.45, 7) is 0. The van der Waals surface area contributed by atoms with Crippen LogP contribution in [0.5, 0.6) is 0 Å². The number of aromatic nitrogens is 2. The highest BCUT2D eigenvalue weighted by molar-refractivity contribution is 5.94. The Balaban J connectivity index is 0.00000156. The van der Waals surface area contributed by atoms with Crippen LogP contribution in [-0.4, -0.2) is 16.0 Å². The van der Waals surface area contributed by atoms with Gasteiger partial charge < -0.3 is 15.6 Å². The Hall–Kier alpha value is -1.92. The average molecular weight is 335 g/mol. The molecule has 1 saturated carbocycles. The molecular weight excluding hydrogens is 316 g/mol. The second-order valence-electron chi connectivity index (χ2n) is 6.21. The topological polar surface area (TPSA) is 94.0 Å². The van der Waals surface area contributed by atoms with Gasteiger partial charge in [0.15, 0.2) is 5.82 Å². The fourth-order valence-electron chi connectivity index (χ4n) is 3.29. The summed E-state index contributed by atoms with van der Waals surface area (Å²) in [5, 5.41) is 6.96. The number of amides is 1. The van der Waals surface area contributed by atoms with Gasteiger partial charge in [-0.15, -0.1) is 12.4 Å². The Morgan fingerprint density at radius 2 is 2.00 bits per heavy atom. The van der Waals surface area contributed by atoms with Gasteiger partial charge in [0.1, 0.15) is 0 Å². The third-order valence-electron chi connectivity index (χ3n) is 4.61. The number of anilines is 1. The lowest BCUT2D eigenvalue weighted by atomic mass is 9.98. The second-order valence-corrected chi connectivity index (χ2v) is 6.21. The molecule has 1 aliphatic heterocycles. The number of fused-ring (bicyclic) bond motifs is 1. The Morgan fingerprint density at radius 3 is 2.78 bits per heavy atom. The lowest BCUT2D eigenvalue weighted by Crippen LogP contribution is -2.34. The summed E-state index contributed by atoms with van der Waals surface area (Å²) in [6.07, 6.45) is 5.27. The first-order valence-electron chi connectivity index (χ1n) is 7.70. The molecule has 1 fully saturated rings. The number of halogens is 1. The molecule has 1 amide bonds. The maximum Gasteiger partial charge on any atom is 0.258 e. The van der Waals surface area contributed by atoms with Crippen LogP contribution in [0, 0.1) is 0 Å². The summed E-state index contributed by atoms with van der Waals surface area (Å²) >= 11 is 0. The Bertz CT molecular complexity index is 737. The zero-order valence-electron chi connectivity index (χ0n) is 12.7. The molecule has 0 saturated heterocycles. The largest absolute Gasteiger partial charge is 0.334 e. The van der Waals surface area contributed by atoms with Crippen LogP contribution in [0.1, 0.15) is 43.5 Å². The van der Waals surface area contributed by atoms with Gasteiger partial charge in [0.25, 0.3) is 5.89 Å². The lowest BCUT2D eigenvalue weighted by Gasteiger charge is -2.18. The zero-order valence-corrected chi connectivity index (χ0v) is 13.5. The molecule has 2 heterocycles. The SMILES string of the molecule is Cl.NC1(c2noc(-c3ccc4c(c3)CCC(=O)N4)n2)CCCC1. The first-order valence-corrected chi connectivity index (χ1v) is 7.70. The zero-order chi connectivity index (χ0) is 15.2. The molecule has 23 heavy (non-hydrogen) atoms. The van der Waals surface area contributed by atoms with E-state index in [0.29, 0.717) is 18.1 Å². The van der Waals surface area contributed by atoms with Crippen molar-refractivity contribution in [1.29, 1.82) is 0 Å². The van der Waals surface area contributed by atoms with Crippen LogP contribution in [0.15, 0.2) is 22.7 Å². The van der Waals surface area contributed by atoms with E-state index in [2.05, 4.69) is 15.5 Å². The molecule has 0 bridgehead atoms. The minimum Gasteiger partial charge on any atom is -0.334 e. The number of hydrogen-bond donors (Lipinski definition) is 2. The molecule has 0 radical (unpaired) electrons. The number of nitrogens with two attached hydrogens (primary N) is 1. The second kappa shape index (κ2) is 5.94. The highest BCUT2D eigenvalue weighted by Gasteiger charge is 2.36. The molecule has 1 aromatic carbocycles. The molecule has 3 N–H and O–H groups in total. The quantitative estimate of drug-likeness (QED) is 0.880. The molecule has 2 aromatic rings. The Morgan fingerprint density at radius 1 is 1.22 bits per heavy atom. The first-order chi connectivity index (χ1) is 10.6. The molecule has 0 spiro atoms. The van der Waals surface area contributed by atoms with Gasteiger partial charge in [-0.2, -0.15) is 4.98 Å². The lowest BCUT2D eigenvalue weighted by molar-refractivity contribution is -0.116. The van der Waals surface area contributed by atoms with Crippen LogP contribution >= 0.6 is 12.4 Å². The highest BCUT2D eigenvalue weighted by atomic mass is 35.5. The van der Waals surface area contributed by atoms with Crippen LogP contribution in [0.25, 0.3) is 11.5 Å². The van der Waals surface area contributed by atoms with E-state index in [9.17, 15) is 4.79 Å². The van der Waals surface area contributed by atoms with Crippen LogP contribution in [0.2, 0.25) is 0 Å². The van der Waals surface area contributed by atoms with Gasteiger partial charge in [0.05, 0.1) is 5.54 Å². The van der Waals surface area contributed by atoms with E-state index in [4.69, 9.17) is 10.3 Å². The van der Waals surface area contributed by atoms with Gasteiger partial charge in [-0.05, 0) is 43.0 Å². The highest BCUT2D eigenvalue weighted by Crippen LogP contribution is 2.36. The van der Waals surface area contributed by atoms with E-state index >= 15 is 0 Å². The molecule has 1 aliphatic carbocycles. The van der Waals surface area contributed by atoms with Crippen LogP contribution < -0.4 is 11.1 Å². The van der Waals surface area contributed by atoms with Crippen molar-refractivity contribution in [2.75, 3.05) is 5.32 Å². The fourth-order valence-corrected chi connectivity index (χ4v) is 3.29. The minimum absolute atomic E-state index is 0. The predicted molar refractivity (Wildman–Crippen MR) is 88.3 cm³/mol. The normalized spacial score (nSPS) is 18.9. The van der Waals surface area contributed by atoms with Gasteiger partial charge >= 0.3 is 0 Å². The van der Waals surface area contributed by atoms with Crippen molar-refractivity contribution in [3.8, 4) is 11.5 Å². The number of rotatable bonds is 2. The summed E-state index contributed by atoms with van der Waals surface area (Å²) in [7, 11) is 0. The molecule has 7 heteroatoms. The van der Waals surface area contributed by atoms with Crippen LogP contribution in [0.3, 0.4) is 0 Å². The Labute approximate surface area is 140 Å². The molecule has 0 atom stereocenters. The van der Waals surface area contributed by atoms with Gasteiger partial charge in [-0.25, -0.2) is 0 Å². The van der Waals surface area contributed by atoms with Crippen molar-refractivity contribution in [3.05, 3.63) is 29.6 Å². The van der Waals surface area contributed by atoms with E-state index in [1.54, 1.807) is 0 Å². The summed E-state index contributed by atoms with van der Waals surface area (Å²) in [6, 6.07) is 5.78. The van der Waals surface area contributed by atoms with Gasteiger partial charge in [0, 0.05) is 17.7 Å². The Kier molecular flexibility index (Phi) is 4.12. The standard InChI is InChI=1S/C16H18N4O2.ClH/c17-16(7-1-2-8-16)15-19-14(22-20-15)11-3-5-12-10(9-11)4-6-13(21)18-12;/h3,5,9H,1-2,4,6-8,17H2,(H,18,21);1H. The molecular formula is C16H19ClN4O2. The third-order valence-corrected chi connectivity index (χ3v) is 4.61. The summed E-state index contributed by atoms with van der Waals surface area (Å²) in [5.41, 5.74) is 8.76. The number of hydrogen-bond acceptors (Lipinski definition) is 5. The summed E-state index contributed by atoms with van der Waals surface area (Å²) < 4.78 is 5.41. The molecule has 2 aliphatic rings. The number of carbonyl (C=O) groups is 1. The first kappa shape index (κ1) is 16.0. The van der Waals surface area contributed by atoms with Crippen LogP contribution in [-0.2, 0) is 16.8 Å². The molecule has 0 unspecified atom stereocenters. The van der Waals surface area contributed by atoms with Crippen molar-refractivity contribution in [1.82, 2.24) is 10.1 Å². The molecule has 122 valence electrons. The number of nitrogens with one attached hydrogen (secondary N) is 1. The van der Waals surface area contributed by atoms with Crippen molar-refractivity contribution in [2.45, 2.75) is 44.1 Å². The van der Waals surface area contributed by atoms with Gasteiger partial charge in [0.2, 0.25) is 5.91 Å². The smallest absolute Gasteiger partial charge is 0.258 e. The predicted octanol–water partition coefficient (Wildman–Crippen LogP) is 2.77. The fraction of sp³-hybridized carbons (Fsp3) is 0.438. The van der Waals surface area contributed by atoms with Crippen LogP contribution in [0.4, 0.5) is 5.69 Å². The van der Waals surface area contributed by atoms with E-state index in [1.165, 1.54) is 0 Å². The van der Waals surface area contributed by atoms with Crippen molar-refractivity contribution in [3.63, 3.8) is 0 Å². The summed E-state index contributed by atoms with van der Waals surface area (Å²) in [5.74, 6) is 1.16. The number of carbonyl (C=O) groups excluding carboxylic acids is 1. The number of benzene rings is 1. The van der Waals surface area contributed by atoms with Crippen molar-refractivity contribution < 1.29 is 9.32 Å². The summed E-state index contributed by atoms with van der Waals surface area (Å²) in [4.78, 5) is 15.9. The molecule has 4 rings (SSSR count). The van der Waals surface area contributed by atoms with Gasteiger partial charge in [-0.3, -0.25) is 4.79 Å². The average Bonchev–Trinajstić information content (AvgIpc) is 3.16. The maximum absolute atomic E-state index is 11.4. The van der Waals surface area contributed by atoms with Crippen molar-refractivity contribution in [2.24, 2.45) is 5.73 Å². The van der Waals surface area contributed by atoms with E-state index in [0.717, 1.165) is 48.9 Å². The van der Waals surface area contributed by atoms with Gasteiger partial charge in [-0.1, -0.05) is 18.0 Å². The molecule has 1 aromatic heterocycles. The van der Waals surface area contributed by atoms with E-state index in [1.807, 2.05) is 18.2 Å². The van der Waals surface area contributed by atoms with Crippen molar-refractivity contribution >= 4 is 24.0 Å². The number of nitrogens with zero attached hydrogens (tertiary/aromatic N) is 2. The van der Waals surface area contributed by atoms with E-state index < -0.39 is 5.54 Å². The monoisotopic (exact) mass is 334 g/mol. The maximum atomic E-state index is 11.4. The van der Waals surface area contributed by atoms with E-state index in [-0.39, 0.29) is 18.3 Å². The minimum atomic E-state index is -0.441. The molecule has 6 nitrogen and oxygen atoms in total. The number of aryl methyl sites for hydroxylation is 1. The third kappa shape index (κ3) is 2.84.